The van der Waals surface area contributed by atoms with Crippen molar-refractivity contribution in [2.75, 3.05) is 7.11 Å². The zero-order valence-electron chi connectivity index (χ0n) is 14.9. The van der Waals surface area contributed by atoms with Crippen molar-refractivity contribution in [3.63, 3.8) is 0 Å². The van der Waals surface area contributed by atoms with Gasteiger partial charge in [0.25, 0.3) is 0 Å². The highest BCUT2D eigenvalue weighted by Gasteiger charge is 2.52. The Morgan fingerprint density at radius 3 is 2.54 bits per heavy atom. The van der Waals surface area contributed by atoms with E-state index in [2.05, 4.69) is 37.9 Å². The molecule has 2 aromatic rings. The fourth-order valence-corrected chi connectivity index (χ4v) is 3.55. The molecule has 3 rings (SSSR count). The lowest BCUT2D eigenvalue weighted by molar-refractivity contribution is -0.106. The predicted molar refractivity (Wildman–Crippen MR) is 94.0 cm³/mol. The van der Waals surface area contributed by atoms with E-state index in [0.29, 0.717) is 12.5 Å². The van der Waals surface area contributed by atoms with Gasteiger partial charge < -0.3 is 19.2 Å². The summed E-state index contributed by atoms with van der Waals surface area (Å²) in [5.41, 5.74) is 1.78. The summed E-state index contributed by atoms with van der Waals surface area (Å²) in [7, 11) is 1.66. The second-order valence-corrected chi connectivity index (χ2v) is 6.69. The van der Waals surface area contributed by atoms with Crippen molar-refractivity contribution in [2.24, 2.45) is 5.92 Å². The minimum absolute atomic E-state index is 0.134. The standard InChI is InChI=1S/C20H27NO3/c1-5-17-14(2)20(3,23-13-15-9-7-6-8-10-15)19(24-17)16-11-12-18(21-16)22-4/h6-12,14,17,19,21H,5,13H2,1-4H3/t14-,17-,19-,20-/m1/s1. The van der Waals surface area contributed by atoms with Crippen LogP contribution in [0.3, 0.4) is 0 Å². The van der Waals surface area contributed by atoms with E-state index in [1.54, 1.807) is 7.11 Å². The highest BCUT2D eigenvalue weighted by atomic mass is 16.6. The van der Waals surface area contributed by atoms with Gasteiger partial charge in [-0.15, -0.1) is 0 Å². The van der Waals surface area contributed by atoms with Crippen molar-refractivity contribution in [1.29, 1.82) is 0 Å². The second-order valence-electron chi connectivity index (χ2n) is 6.69. The topological polar surface area (TPSA) is 43.5 Å². The molecule has 24 heavy (non-hydrogen) atoms. The maximum atomic E-state index is 6.44. The first-order chi connectivity index (χ1) is 11.6. The van der Waals surface area contributed by atoms with Crippen LogP contribution < -0.4 is 4.74 Å². The number of rotatable bonds is 6. The number of aromatic amines is 1. The zero-order chi connectivity index (χ0) is 17.2. The third-order valence-electron chi connectivity index (χ3n) is 5.27. The van der Waals surface area contributed by atoms with Gasteiger partial charge >= 0.3 is 0 Å². The molecule has 4 nitrogen and oxygen atoms in total. The van der Waals surface area contributed by atoms with Gasteiger partial charge in [0, 0.05) is 12.0 Å². The molecule has 4 atom stereocenters. The Bertz CT molecular complexity index is 654. The predicted octanol–water partition coefficient (Wildman–Crippen LogP) is 4.48. The van der Waals surface area contributed by atoms with Gasteiger partial charge in [0.1, 0.15) is 11.7 Å². The van der Waals surface area contributed by atoms with Gasteiger partial charge in [-0.1, -0.05) is 44.2 Å². The molecule has 0 bridgehead atoms. The molecule has 1 aromatic heterocycles. The maximum absolute atomic E-state index is 6.44. The number of H-pyrrole nitrogens is 1. The van der Waals surface area contributed by atoms with Crippen LogP contribution in [0.1, 0.15) is 44.6 Å². The van der Waals surface area contributed by atoms with Crippen LogP contribution in [0, 0.1) is 5.92 Å². The Kier molecular flexibility index (Phi) is 4.97. The molecule has 1 aliphatic rings. The van der Waals surface area contributed by atoms with Crippen LogP contribution in [0.15, 0.2) is 42.5 Å². The van der Waals surface area contributed by atoms with E-state index in [-0.39, 0.29) is 12.2 Å². The van der Waals surface area contributed by atoms with Gasteiger partial charge in [-0.05, 0) is 25.0 Å². The Labute approximate surface area is 144 Å². The lowest BCUT2D eigenvalue weighted by Crippen LogP contribution is -2.39. The fraction of sp³-hybridized carbons (Fsp3) is 0.500. The van der Waals surface area contributed by atoms with Gasteiger partial charge in [-0.3, -0.25) is 0 Å². The Morgan fingerprint density at radius 1 is 1.17 bits per heavy atom. The average molecular weight is 329 g/mol. The first-order valence-electron chi connectivity index (χ1n) is 8.64. The molecule has 1 N–H and O–H groups in total. The minimum atomic E-state index is -0.396. The largest absolute Gasteiger partial charge is 0.482 e. The zero-order valence-corrected chi connectivity index (χ0v) is 14.9. The van der Waals surface area contributed by atoms with E-state index in [1.165, 1.54) is 5.56 Å². The van der Waals surface area contributed by atoms with E-state index in [0.717, 1.165) is 18.0 Å². The number of ether oxygens (including phenoxy) is 3. The molecule has 1 aliphatic heterocycles. The second kappa shape index (κ2) is 6.99. The molecule has 2 heterocycles. The molecule has 0 spiro atoms. The summed E-state index contributed by atoms with van der Waals surface area (Å²) in [5, 5.41) is 0. The summed E-state index contributed by atoms with van der Waals surface area (Å²) in [6, 6.07) is 14.2. The van der Waals surface area contributed by atoms with Crippen LogP contribution in [0.4, 0.5) is 0 Å². The highest BCUT2D eigenvalue weighted by molar-refractivity contribution is 5.24. The smallest absolute Gasteiger partial charge is 0.190 e. The number of nitrogens with one attached hydrogen (secondary N) is 1. The summed E-state index contributed by atoms with van der Waals surface area (Å²) in [5.74, 6) is 1.04. The SMILES string of the molecule is CC[C@H]1O[C@H](c2ccc(OC)[nH]2)[C@](C)(OCc2ccccc2)[C@@H]1C. The van der Waals surface area contributed by atoms with Gasteiger partial charge in [-0.2, -0.15) is 0 Å². The normalized spacial score (nSPS) is 29.8. The molecule has 0 amide bonds. The third kappa shape index (κ3) is 3.08. The number of hydrogen-bond donors (Lipinski definition) is 1. The molecule has 0 aliphatic carbocycles. The van der Waals surface area contributed by atoms with Crippen molar-refractivity contribution in [3.8, 4) is 5.88 Å². The maximum Gasteiger partial charge on any atom is 0.190 e. The van der Waals surface area contributed by atoms with E-state index in [9.17, 15) is 0 Å². The summed E-state index contributed by atoms with van der Waals surface area (Å²) in [6.07, 6.45) is 1.02. The Morgan fingerprint density at radius 2 is 1.92 bits per heavy atom. The number of hydrogen-bond acceptors (Lipinski definition) is 3. The molecule has 0 saturated carbocycles. The number of methoxy groups -OCH3 is 1. The minimum Gasteiger partial charge on any atom is -0.482 e. The van der Waals surface area contributed by atoms with E-state index in [1.807, 2.05) is 30.3 Å². The highest BCUT2D eigenvalue weighted by Crippen LogP contribution is 2.48. The lowest BCUT2D eigenvalue weighted by Gasteiger charge is -2.33. The molecule has 1 saturated heterocycles. The van der Waals surface area contributed by atoms with Gasteiger partial charge in [-0.25, -0.2) is 0 Å². The molecular formula is C20H27NO3. The molecular weight excluding hydrogens is 302 g/mol. The molecule has 130 valence electrons. The quantitative estimate of drug-likeness (QED) is 0.849. The van der Waals surface area contributed by atoms with Crippen molar-refractivity contribution in [3.05, 3.63) is 53.7 Å². The van der Waals surface area contributed by atoms with E-state index in [4.69, 9.17) is 14.2 Å². The van der Waals surface area contributed by atoms with E-state index >= 15 is 0 Å². The summed E-state index contributed by atoms with van der Waals surface area (Å²) in [6.45, 7) is 7.12. The molecule has 0 unspecified atom stereocenters. The Balaban J connectivity index is 1.84. The molecule has 4 heteroatoms. The number of aromatic nitrogens is 1. The summed E-state index contributed by atoms with van der Waals surface area (Å²) in [4.78, 5) is 3.30. The molecule has 1 aromatic carbocycles. The first-order valence-corrected chi connectivity index (χ1v) is 8.64. The first kappa shape index (κ1) is 17.1. The number of benzene rings is 1. The van der Waals surface area contributed by atoms with Crippen LogP contribution in [0.2, 0.25) is 0 Å². The van der Waals surface area contributed by atoms with Gasteiger partial charge in [0.2, 0.25) is 0 Å². The van der Waals surface area contributed by atoms with Crippen molar-refractivity contribution >= 4 is 0 Å². The van der Waals surface area contributed by atoms with Crippen molar-refractivity contribution < 1.29 is 14.2 Å². The van der Waals surface area contributed by atoms with Crippen LogP contribution in [0.25, 0.3) is 0 Å². The van der Waals surface area contributed by atoms with Crippen molar-refractivity contribution in [1.82, 2.24) is 4.98 Å². The summed E-state index contributed by atoms with van der Waals surface area (Å²) >= 11 is 0. The molecule has 1 fully saturated rings. The fourth-order valence-electron chi connectivity index (χ4n) is 3.55. The Hall–Kier alpha value is -1.78. The van der Waals surface area contributed by atoms with Crippen LogP contribution in [0.5, 0.6) is 5.88 Å². The van der Waals surface area contributed by atoms with Crippen LogP contribution >= 0.6 is 0 Å². The lowest BCUT2D eigenvalue weighted by atomic mass is 9.83. The van der Waals surface area contributed by atoms with E-state index < -0.39 is 5.60 Å². The van der Waals surface area contributed by atoms with Crippen molar-refractivity contribution in [2.45, 2.75) is 51.6 Å². The third-order valence-corrected chi connectivity index (χ3v) is 5.27. The summed E-state index contributed by atoms with van der Waals surface area (Å²) < 4.78 is 18.1. The van der Waals surface area contributed by atoms with Crippen LogP contribution in [-0.2, 0) is 16.1 Å². The monoisotopic (exact) mass is 329 g/mol. The molecule has 0 radical (unpaired) electrons. The van der Waals surface area contributed by atoms with Gasteiger partial charge in [0.15, 0.2) is 5.88 Å². The van der Waals surface area contributed by atoms with Gasteiger partial charge in [0.05, 0.1) is 25.5 Å². The van der Waals surface area contributed by atoms with Crippen LogP contribution in [-0.4, -0.2) is 23.8 Å². The average Bonchev–Trinajstić information content (AvgIpc) is 3.18.